The van der Waals surface area contributed by atoms with Gasteiger partial charge >= 0.3 is 0 Å². The fourth-order valence-corrected chi connectivity index (χ4v) is 1.42. The van der Waals surface area contributed by atoms with E-state index in [4.69, 9.17) is 11.6 Å². The van der Waals surface area contributed by atoms with E-state index in [0.29, 0.717) is 22.6 Å². The number of nitrogens with zero attached hydrogens (tertiary/aromatic N) is 3. The molecule has 13 heavy (non-hydrogen) atoms. The Morgan fingerprint density at radius 2 is 2.38 bits per heavy atom. The molecule has 66 valence electrons. The molecule has 0 fully saturated rings. The summed E-state index contributed by atoms with van der Waals surface area (Å²) in [5, 5.41) is 4.38. The van der Waals surface area contributed by atoms with Gasteiger partial charge in [0.05, 0.1) is 11.8 Å². The summed E-state index contributed by atoms with van der Waals surface area (Å²) in [6, 6.07) is 1.69. The molecule has 4 nitrogen and oxygen atoms in total. The predicted octanol–water partition coefficient (Wildman–Crippen LogP) is 1.50. The van der Waals surface area contributed by atoms with Crippen LogP contribution in [0.5, 0.6) is 0 Å². The van der Waals surface area contributed by atoms with Crippen LogP contribution in [0, 0.1) is 6.92 Å². The van der Waals surface area contributed by atoms with Gasteiger partial charge in [0.1, 0.15) is 5.15 Å². The Morgan fingerprint density at radius 1 is 1.62 bits per heavy atom. The zero-order valence-electron chi connectivity index (χ0n) is 6.86. The number of carbonyl (C=O) groups excluding carboxylic acids is 1. The van der Waals surface area contributed by atoms with Gasteiger partial charge in [0, 0.05) is 5.69 Å². The highest BCUT2D eigenvalue weighted by Crippen LogP contribution is 2.14. The molecular weight excluding hydrogens is 190 g/mol. The van der Waals surface area contributed by atoms with Crippen molar-refractivity contribution >= 4 is 23.5 Å². The Bertz CT molecular complexity index is 477. The second-order valence-corrected chi connectivity index (χ2v) is 3.06. The van der Waals surface area contributed by atoms with Crippen LogP contribution >= 0.6 is 11.6 Å². The van der Waals surface area contributed by atoms with Crippen molar-refractivity contribution in [1.82, 2.24) is 14.6 Å². The van der Waals surface area contributed by atoms with Gasteiger partial charge < -0.3 is 0 Å². The molecule has 0 aromatic carbocycles. The van der Waals surface area contributed by atoms with Crippen LogP contribution in [0.25, 0.3) is 5.65 Å². The van der Waals surface area contributed by atoms with E-state index in [9.17, 15) is 4.79 Å². The van der Waals surface area contributed by atoms with Crippen LogP contribution in [0.4, 0.5) is 0 Å². The molecule has 0 spiro atoms. The van der Waals surface area contributed by atoms with E-state index in [1.165, 1.54) is 10.7 Å². The summed E-state index contributed by atoms with van der Waals surface area (Å²) >= 11 is 5.88. The number of rotatable bonds is 1. The Kier molecular flexibility index (Phi) is 1.77. The van der Waals surface area contributed by atoms with E-state index in [1.54, 1.807) is 6.07 Å². The summed E-state index contributed by atoms with van der Waals surface area (Å²) in [6.07, 6.45) is 2.16. The van der Waals surface area contributed by atoms with Crippen molar-refractivity contribution in [3.8, 4) is 0 Å². The van der Waals surface area contributed by atoms with Crippen LogP contribution in [0.1, 0.15) is 16.1 Å². The fraction of sp³-hybridized carbons (Fsp3) is 0.125. The van der Waals surface area contributed by atoms with Gasteiger partial charge in [0.25, 0.3) is 0 Å². The number of aromatic nitrogens is 3. The molecule has 0 amide bonds. The third kappa shape index (κ3) is 1.19. The summed E-state index contributed by atoms with van der Waals surface area (Å²) in [7, 11) is 0. The monoisotopic (exact) mass is 195 g/mol. The standard InChI is InChI=1S/C8H6ClN3O/c1-5-2-7(9)12-8(11-5)6(4-13)3-10-12/h2-4H,1H3. The molecule has 0 atom stereocenters. The van der Waals surface area contributed by atoms with Crippen LogP contribution in [-0.4, -0.2) is 20.9 Å². The van der Waals surface area contributed by atoms with Crippen molar-refractivity contribution in [2.24, 2.45) is 0 Å². The molecule has 0 unspecified atom stereocenters. The lowest BCUT2D eigenvalue weighted by Gasteiger charge is -1.97. The lowest BCUT2D eigenvalue weighted by Crippen LogP contribution is -1.94. The van der Waals surface area contributed by atoms with Gasteiger partial charge in [-0.25, -0.2) is 9.50 Å². The minimum atomic E-state index is 0.450. The van der Waals surface area contributed by atoms with Crippen LogP contribution < -0.4 is 0 Å². The fourth-order valence-electron chi connectivity index (χ4n) is 1.14. The molecule has 0 aliphatic carbocycles. The molecule has 2 rings (SSSR count). The van der Waals surface area contributed by atoms with Gasteiger partial charge in [-0.05, 0) is 13.0 Å². The molecule has 5 heteroatoms. The molecule has 0 N–H and O–H groups in total. The first-order valence-corrected chi connectivity index (χ1v) is 4.06. The second kappa shape index (κ2) is 2.81. The summed E-state index contributed by atoms with van der Waals surface area (Å²) in [5.41, 5.74) is 1.71. The second-order valence-electron chi connectivity index (χ2n) is 2.67. The molecule has 0 aliphatic rings. The lowest BCUT2D eigenvalue weighted by molar-refractivity contribution is 0.112. The third-order valence-electron chi connectivity index (χ3n) is 1.71. The van der Waals surface area contributed by atoms with Gasteiger partial charge in [-0.1, -0.05) is 11.6 Å². The first-order valence-electron chi connectivity index (χ1n) is 3.68. The third-order valence-corrected chi connectivity index (χ3v) is 1.98. The normalized spacial score (nSPS) is 10.6. The van der Waals surface area contributed by atoms with Gasteiger partial charge in [-0.15, -0.1) is 0 Å². The molecular formula is C8H6ClN3O. The number of halogens is 1. The largest absolute Gasteiger partial charge is 0.298 e. The maximum Gasteiger partial charge on any atom is 0.167 e. The van der Waals surface area contributed by atoms with Crippen molar-refractivity contribution in [1.29, 1.82) is 0 Å². The number of hydrogen-bond donors (Lipinski definition) is 0. The van der Waals surface area contributed by atoms with E-state index in [2.05, 4.69) is 10.1 Å². The summed E-state index contributed by atoms with van der Waals surface area (Å²) in [4.78, 5) is 14.7. The van der Waals surface area contributed by atoms with E-state index in [0.717, 1.165) is 5.69 Å². The highest BCUT2D eigenvalue weighted by atomic mass is 35.5. The summed E-state index contributed by atoms with van der Waals surface area (Å²) < 4.78 is 1.43. The lowest BCUT2D eigenvalue weighted by atomic mass is 10.3. The molecule has 0 aliphatic heterocycles. The Hall–Kier alpha value is -1.42. The molecule has 0 bridgehead atoms. The molecule has 0 radical (unpaired) electrons. The molecule has 2 aromatic heterocycles. The zero-order valence-corrected chi connectivity index (χ0v) is 7.62. The highest BCUT2D eigenvalue weighted by molar-refractivity contribution is 6.29. The van der Waals surface area contributed by atoms with E-state index < -0.39 is 0 Å². The quantitative estimate of drug-likeness (QED) is 0.512. The number of aldehydes is 1. The van der Waals surface area contributed by atoms with Gasteiger partial charge in [-0.3, -0.25) is 4.79 Å². The number of carbonyl (C=O) groups is 1. The topological polar surface area (TPSA) is 47.3 Å². The van der Waals surface area contributed by atoms with Crippen molar-refractivity contribution in [2.45, 2.75) is 6.92 Å². The van der Waals surface area contributed by atoms with Crippen molar-refractivity contribution in [2.75, 3.05) is 0 Å². The maximum absolute atomic E-state index is 10.6. The maximum atomic E-state index is 10.6. The van der Waals surface area contributed by atoms with Gasteiger partial charge in [0.2, 0.25) is 0 Å². The molecule has 2 aromatic rings. The van der Waals surface area contributed by atoms with Crippen LogP contribution in [-0.2, 0) is 0 Å². The van der Waals surface area contributed by atoms with E-state index in [-0.39, 0.29) is 0 Å². The van der Waals surface area contributed by atoms with Crippen molar-refractivity contribution < 1.29 is 4.79 Å². The summed E-state index contributed by atoms with van der Waals surface area (Å²) in [5.74, 6) is 0. The van der Waals surface area contributed by atoms with E-state index in [1.807, 2.05) is 6.92 Å². The number of aryl methyl sites for hydroxylation is 1. The first kappa shape index (κ1) is 8.19. The minimum Gasteiger partial charge on any atom is -0.298 e. The average Bonchev–Trinajstić information content (AvgIpc) is 2.47. The van der Waals surface area contributed by atoms with Crippen LogP contribution in [0.3, 0.4) is 0 Å². The zero-order chi connectivity index (χ0) is 9.42. The Balaban J connectivity index is 2.89. The smallest absolute Gasteiger partial charge is 0.167 e. The average molecular weight is 196 g/mol. The minimum absolute atomic E-state index is 0.450. The summed E-state index contributed by atoms with van der Waals surface area (Å²) in [6.45, 7) is 1.81. The molecule has 2 heterocycles. The van der Waals surface area contributed by atoms with Crippen LogP contribution in [0.2, 0.25) is 5.15 Å². The predicted molar refractivity (Wildman–Crippen MR) is 48.1 cm³/mol. The van der Waals surface area contributed by atoms with Crippen molar-refractivity contribution in [3.05, 3.63) is 28.7 Å². The number of fused-ring (bicyclic) bond motifs is 1. The molecule has 0 saturated heterocycles. The van der Waals surface area contributed by atoms with Gasteiger partial charge in [-0.2, -0.15) is 5.10 Å². The van der Waals surface area contributed by atoms with E-state index >= 15 is 0 Å². The first-order chi connectivity index (χ1) is 6.22. The van der Waals surface area contributed by atoms with Gasteiger partial charge in [0.15, 0.2) is 11.9 Å². The highest BCUT2D eigenvalue weighted by Gasteiger charge is 2.07. The van der Waals surface area contributed by atoms with Crippen molar-refractivity contribution in [3.63, 3.8) is 0 Å². The number of hydrogen-bond acceptors (Lipinski definition) is 3. The van der Waals surface area contributed by atoms with Crippen LogP contribution in [0.15, 0.2) is 12.3 Å². The SMILES string of the molecule is Cc1cc(Cl)n2ncc(C=O)c2n1. The molecule has 0 saturated carbocycles. The Morgan fingerprint density at radius 3 is 3.08 bits per heavy atom. The Labute approximate surface area is 79.2 Å².